The zero-order valence-electron chi connectivity index (χ0n) is 16.1. The van der Waals surface area contributed by atoms with E-state index >= 15 is 0 Å². The molecule has 0 radical (unpaired) electrons. The summed E-state index contributed by atoms with van der Waals surface area (Å²) in [5, 5.41) is 12.2. The number of nitrogens with one attached hydrogen (secondary N) is 1. The van der Waals surface area contributed by atoms with E-state index in [0.29, 0.717) is 23.5 Å². The Morgan fingerprint density at radius 3 is 2.65 bits per heavy atom. The highest BCUT2D eigenvalue weighted by Crippen LogP contribution is 2.47. The van der Waals surface area contributed by atoms with Crippen molar-refractivity contribution in [1.82, 2.24) is 9.97 Å². The van der Waals surface area contributed by atoms with E-state index in [9.17, 15) is 18.0 Å². The number of ether oxygens (including phenoxy) is 1. The van der Waals surface area contributed by atoms with Gasteiger partial charge in [0.1, 0.15) is 11.6 Å². The molecular weight excluding hydrogens is 411 g/mol. The first kappa shape index (κ1) is 20.6. The standard InChI is InChI=1S/C22H18F3N3O3/c23-22(24,25)31-15-4-1-3-13(9-15)11-26-20-8-7-14(12-27-20)18-5-2-6-19(28-18)16-10-17(16)21(29)30/h1-9,12,16-17H,10-11H2,(H,26,27)(H,29,30)/t16-,17-/m0/s1. The molecule has 0 bridgehead atoms. The summed E-state index contributed by atoms with van der Waals surface area (Å²) in [7, 11) is 0. The SMILES string of the molecule is O=C(O)[C@H]1C[C@@H]1c1cccc(-c2ccc(NCc3cccc(OC(F)(F)F)c3)nc2)n1. The topological polar surface area (TPSA) is 84.3 Å². The first-order valence-electron chi connectivity index (χ1n) is 9.53. The zero-order valence-corrected chi connectivity index (χ0v) is 16.1. The van der Waals surface area contributed by atoms with Crippen molar-refractivity contribution in [3.05, 3.63) is 72.1 Å². The van der Waals surface area contributed by atoms with Crippen molar-refractivity contribution in [2.75, 3.05) is 5.32 Å². The number of carbonyl (C=O) groups is 1. The number of benzene rings is 1. The van der Waals surface area contributed by atoms with E-state index in [1.807, 2.05) is 24.3 Å². The number of aromatic nitrogens is 2. The van der Waals surface area contributed by atoms with Crippen molar-refractivity contribution < 1.29 is 27.8 Å². The highest BCUT2D eigenvalue weighted by Gasteiger charge is 2.45. The molecule has 31 heavy (non-hydrogen) atoms. The summed E-state index contributed by atoms with van der Waals surface area (Å²) in [6, 6.07) is 14.8. The summed E-state index contributed by atoms with van der Waals surface area (Å²) >= 11 is 0. The van der Waals surface area contributed by atoms with Gasteiger partial charge in [-0.1, -0.05) is 18.2 Å². The highest BCUT2D eigenvalue weighted by atomic mass is 19.4. The molecule has 0 spiro atoms. The fourth-order valence-corrected chi connectivity index (χ4v) is 3.31. The van der Waals surface area contributed by atoms with Gasteiger partial charge in [-0.15, -0.1) is 13.2 Å². The third-order valence-corrected chi connectivity index (χ3v) is 4.92. The molecule has 4 rings (SSSR count). The van der Waals surface area contributed by atoms with Crippen molar-refractivity contribution in [1.29, 1.82) is 0 Å². The molecule has 2 aromatic heterocycles. The number of nitrogens with zero attached hydrogens (tertiary/aromatic N) is 2. The van der Waals surface area contributed by atoms with Crippen molar-refractivity contribution in [2.24, 2.45) is 5.92 Å². The van der Waals surface area contributed by atoms with Crippen molar-refractivity contribution >= 4 is 11.8 Å². The molecule has 2 atom stereocenters. The van der Waals surface area contributed by atoms with Crippen LogP contribution in [0.3, 0.4) is 0 Å². The largest absolute Gasteiger partial charge is 0.573 e. The van der Waals surface area contributed by atoms with E-state index in [0.717, 1.165) is 11.3 Å². The van der Waals surface area contributed by atoms with Gasteiger partial charge in [-0.2, -0.15) is 0 Å². The molecule has 1 aromatic carbocycles. The van der Waals surface area contributed by atoms with Gasteiger partial charge >= 0.3 is 12.3 Å². The minimum atomic E-state index is -4.73. The second-order valence-electron chi connectivity index (χ2n) is 7.22. The number of carboxylic acid groups (broad SMARTS) is 1. The number of alkyl halides is 3. The molecule has 1 saturated carbocycles. The summed E-state index contributed by atoms with van der Waals surface area (Å²) < 4.78 is 41.0. The number of hydrogen-bond acceptors (Lipinski definition) is 5. The maximum absolute atomic E-state index is 12.3. The normalized spacial score (nSPS) is 17.8. The summed E-state index contributed by atoms with van der Waals surface area (Å²) in [5.41, 5.74) is 2.84. The summed E-state index contributed by atoms with van der Waals surface area (Å²) in [6.07, 6.45) is -2.50. The van der Waals surface area contributed by atoms with Crippen molar-refractivity contribution in [3.63, 3.8) is 0 Å². The van der Waals surface area contributed by atoms with Gasteiger partial charge in [0.15, 0.2) is 0 Å². The van der Waals surface area contributed by atoms with Gasteiger partial charge in [-0.05, 0) is 48.4 Å². The Kier molecular flexibility index (Phi) is 5.50. The fraction of sp³-hybridized carbons (Fsp3) is 0.227. The van der Waals surface area contributed by atoms with Crippen LogP contribution in [0.1, 0.15) is 23.6 Å². The Morgan fingerprint density at radius 2 is 1.97 bits per heavy atom. The summed E-state index contributed by atoms with van der Waals surface area (Å²) in [5.74, 6) is -0.947. The van der Waals surface area contributed by atoms with Crippen LogP contribution in [0, 0.1) is 5.92 Å². The first-order chi connectivity index (χ1) is 14.8. The second-order valence-corrected chi connectivity index (χ2v) is 7.22. The lowest BCUT2D eigenvalue weighted by Crippen LogP contribution is -2.17. The maximum atomic E-state index is 12.3. The Labute approximate surface area is 175 Å². The Balaban J connectivity index is 1.39. The van der Waals surface area contributed by atoms with Gasteiger partial charge in [-0.3, -0.25) is 9.78 Å². The molecule has 9 heteroatoms. The highest BCUT2D eigenvalue weighted by molar-refractivity contribution is 5.75. The number of pyridine rings is 2. The predicted molar refractivity (Wildman–Crippen MR) is 106 cm³/mol. The van der Waals surface area contributed by atoms with Crippen LogP contribution >= 0.6 is 0 Å². The van der Waals surface area contributed by atoms with E-state index in [2.05, 4.69) is 20.0 Å². The van der Waals surface area contributed by atoms with Crippen LogP contribution in [0.5, 0.6) is 5.75 Å². The van der Waals surface area contributed by atoms with Gasteiger partial charge in [0.05, 0.1) is 11.6 Å². The van der Waals surface area contributed by atoms with Crippen LogP contribution in [0.2, 0.25) is 0 Å². The lowest BCUT2D eigenvalue weighted by molar-refractivity contribution is -0.274. The van der Waals surface area contributed by atoms with E-state index < -0.39 is 12.3 Å². The van der Waals surface area contributed by atoms with Crippen LogP contribution in [-0.2, 0) is 11.3 Å². The molecule has 2 N–H and O–H groups in total. The first-order valence-corrected chi connectivity index (χ1v) is 9.53. The lowest BCUT2D eigenvalue weighted by Gasteiger charge is -2.11. The van der Waals surface area contributed by atoms with E-state index in [4.69, 9.17) is 5.11 Å². The number of halogens is 3. The average Bonchev–Trinajstić information content (AvgIpc) is 3.53. The molecule has 0 amide bonds. The van der Waals surface area contributed by atoms with Gasteiger partial charge in [0, 0.05) is 29.9 Å². The molecule has 1 aliphatic rings. The van der Waals surface area contributed by atoms with Crippen LogP contribution in [0.25, 0.3) is 11.3 Å². The second kappa shape index (κ2) is 8.25. The zero-order chi connectivity index (χ0) is 22.0. The van der Waals surface area contributed by atoms with E-state index in [-0.39, 0.29) is 24.1 Å². The average molecular weight is 429 g/mol. The summed E-state index contributed by atoms with van der Waals surface area (Å²) in [6.45, 7) is 0.271. The Bertz CT molecular complexity index is 1090. The fourth-order valence-electron chi connectivity index (χ4n) is 3.31. The number of hydrogen-bond donors (Lipinski definition) is 2. The molecular formula is C22H18F3N3O3. The summed E-state index contributed by atoms with van der Waals surface area (Å²) in [4.78, 5) is 20.0. The number of carboxylic acids is 1. The number of rotatable bonds is 7. The minimum Gasteiger partial charge on any atom is -0.481 e. The van der Waals surface area contributed by atoms with Crippen LogP contribution < -0.4 is 10.1 Å². The molecule has 160 valence electrons. The molecule has 2 heterocycles. The quantitative estimate of drug-likeness (QED) is 0.559. The lowest BCUT2D eigenvalue weighted by atomic mass is 10.1. The van der Waals surface area contributed by atoms with Gasteiger partial charge in [0.2, 0.25) is 0 Å². The van der Waals surface area contributed by atoms with Crippen molar-refractivity contribution in [2.45, 2.75) is 25.2 Å². The number of anilines is 1. The van der Waals surface area contributed by atoms with Crippen LogP contribution in [-0.4, -0.2) is 27.4 Å². The molecule has 0 saturated heterocycles. The van der Waals surface area contributed by atoms with E-state index in [1.54, 1.807) is 18.3 Å². The van der Waals surface area contributed by atoms with Gasteiger partial charge < -0.3 is 15.2 Å². The maximum Gasteiger partial charge on any atom is 0.573 e. The van der Waals surface area contributed by atoms with Gasteiger partial charge in [0.25, 0.3) is 0 Å². The van der Waals surface area contributed by atoms with E-state index in [1.165, 1.54) is 18.2 Å². The Hall–Kier alpha value is -3.62. The predicted octanol–water partition coefficient (Wildman–Crippen LogP) is 4.84. The third kappa shape index (κ3) is 5.30. The molecule has 0 aliphatic heterocycles. The van der Waals surface area contributed by atoms with Gasteiger partial charge in [-0.25, -0.2) is 4.98 Å². The molecule has 3 aromatic rings. The van der Waals surface area contributed by atoms with Crippen LogP contribution in [0.4, 0.5) is 19.0 Å². The number of aliphatic carboxylic acids is 1. The third-order valence-electron chi connectivity index (χ3n) is 4.92. The van der Waals surface area contributed by atoms with Crippen molar-refractivity contribution in [3.8, 4) is 17.0 Å². The Morgan fingerprint density at radius 1 is 1.16 bits per heavy atom. The minimum absolute atomic E-state index is 0.0524. The molecule has 0 unspecified atom stereocenters. The molecule has 6 nitrogen and oxygen atoms in total. The molecule has 1 aliphatic carbocycles. The van der Waals surface area contributed by atoms with Crippen LogP contribution in [0.15, 0.2) is 60.8 Å². The smallest absolute Gasteiger partial charge is 0.481 e. The monoisotopic (exact) mass is 429 g/mol. The molecule has 1 fully saturated rings.